The number of aromatic nitrogens is 1. The van der Waals surface area contributed by atoms with Crippen LogP contribution in [-0.2, 0) is 19.8 Å². The standard InChI is InChI=1S/C29H44N4O4/c1-17(2)22(15-18(3)27(36)37)33(10)26(35)24(28(4,5)6)32-25(34)23(30-9)29(7,8)20-16-31-21-14-12-11-13-19(20)21/h11-17,22-24,30-31H,1-10H3,(H,32,34)(H,36,37)/b18-15+/t22-,23?,24?/m1/s1. The monoisotopic (exact) mass is 512 g/mol. The minimum Gasteiger partial charge on any atom is -0.478 e. The van der Waals surface area contributed by atoms with Gasteiger partial charge in [0.1, 0.15) is 6.04 Å². The van der Waals surface area contributed by atoms with Crippen LogP contribution >= 0.6 is 0 Å². The number of nitrogens with zero attached hydrogens (tertiary/aromatic N) is 1. The van der Waals surface area contributed by atoms with Crippen molar-refractivity contribution in [3.63, 3.8) is 0 Å². The molecule has 0 aliphatic rings. The highest BCUT2D eigenvalue weighted by molar-refractivity contribution is 5.93. The van der Waals surface area contributed by atoms with E-state index in [4.69, 9.17) is 0 Å². The molecule has 8 nitrogen and oxygen atoms in total. The molecule has 2 rings (SSSR count). The third-order valence-corrected chi connectivity index (χ3v) is 7.19. The van der Waals surface area contributed by atoms with E-state index in [1.807, 2.05) is 78.9 Å². The normalized spacial score (nSPS) is 15.4. The van der Waals surface area contributed by atoms with Gasteiger partial charge in [-0.25, -0.2) is 4.79 Å². The number of carbonyl (C=O) groups excluding carboxylic acids is 2. The van der Waals surface area contributed by atoms with Crippen molar-refractivity contribution in [3.05, 3.63) is 47.7 Å². The van der Waals surface area contributed by atoms with Crippen LogP contribution in [0.25, 0.3) is 10.9 Å². The molecular weight excluding hydrogens is 468 g/mol. The molecule has 2 unspecified atom stereocenters. The van der Waals surface area contributed by atoms with Crippen LogP contribution in [0.4, 0.5) is 0 Å². The average molecular weight is 513 g/mol. The van der Waals surface area contributed by atoms with Gasteiger partial charge < -0.3 is 25.6 Å². The van der Waals surface area contributed by atoms with Crippen molar-refractivity contribution in [2.45, 2.75) is 78.9 Å². The summed E-state index contributed by atoms with van der Waals surface area (Å²) in [4.78, 5) is 43.8. The first kappa shape index (κ1) is 30.1. The van der Waals surface area contributed by atoms with Crippen molar-refractivity contribution in [3.8, 4) is 0 Å². The number of amides is 2. The number of likely N-dealkylation sites (N-methyl/N-ethyl adjacent to an activating group) is 2. The van der Waals surface area contributed by atoms with E-state index < -0.39 is 34.9 Å². The summed E-state index contributed by atoms with van der Waals surface area (Å²) >= 11 is 0. The summed E-state index contributed by atoms with van der Waals surface area (Å²) < 4.78 is 0. The average Bonchev–Trinajstić information content (AvgIpc) is 3.24. The van der Waals surface area contributed by atoms with E-state index >= 15 is 0 Å². The van der Waals surface area contributed by atoms with E-state index in [2.05, 4.69) is 15.6 Å². The van der Waals surface area contributed by atoms with Crippen LogP contribution in [0.15, 0.2) is 42.1 Å². The number of hydrogen-bond acceptors (Lipinski definition) is 4. The van der Waals surface area contributed by atoms with E-state index in [1.54, 1.807) is 25.1 Å². The van der Waals surface area contributed by atoms with Gasteiger partial charge in [-0.1, -0.05) is 72.7 Å². The Balaban J connectivity index is 2.40. The zero-order chi connectivity index (χ0) is 28.3. The number of para-hydroxylation sites is 1. The van der Waals surface area contributed by atoms with E-state index in [0.717, 1.165) is 16.5 Å². The number of carboxylic acid groups (broad SMARTS) is 1. The van der Waals surface area contributed by atoms with Crippen LogP contribution in [-0.4, -0.2) is 65.0 Å². The molecule has 1 heterocycles. The van der Waals surface area contributed by atoms with Crippen molar-refractivity contribution in [1.29, 1.82) is 0 Å². The topological polar surface area (TPSA) is 115 Å². The quantitative estimate of drug-likeness (QED) is 0.358. The number of rotatable bonds is 10. The number of aliphatic carboxylic acids is 1. The Morgan fingerprint density at radius 1 is 1.05 bits per heavy atom. The van der Waals surface area contributed by atoms with Crippen molar-refractivity contribution < 1.29 is 19.5 Å². The Labute approximate surface area is 220 Å². The van der Waals surface area contributed by atoms with Gasteiger partial charge in [-0.2, -0.15) is 0 Å². The first-order chi connectivity index (χ1) is 17.0. The maximum absolute atomic E-state index is 13.8. The van der Waals surface area contributed by atoms with E-state index in [-0.39, 0.29) is 23.3 Å². The molecule has 0 saturated carbocycles. The molecule has 0 spiro atoms. The second-order valence-electron chi connectivity index (χ2n) is 11.8. The lowest BCUT2D eigenvalue weighted by Crippen LogP contribution is -2.61. The number of carbonyl (C=O) groups is 3. The van der Waals surface area contributed by atoms with E-state index in [0.29, 0.717) is 0 Å². The molecule has 4 N–H and O–H groups in total. The van der Waals surface area contributed by atoms with Gasteiger partial charge in [0.25, 0.3) is 0 Å². The number of fused-ring (bicyclic) bond motifs is 1. The highest BCUT2D eigenvalue weighted by Gasteiger charge is 2.42. The molecule has 204 valence electrons. The van der Waals surface area contributed by atoms with Crippen molar-refractivity contribution in [1.82, 2.24) is 20.5 Å². The summed E-state index contributed by atoms with van der Waals surface area (Å²) in [6, 6.07) is 6.09. The first-order valence-corrected chi connectivity index (χ1v) is 12.8. The van der Waals surface area contributed by atoms with Crippen molar-refractivity contribution in [2.75, 3.05) is 14.1 Å². The summed E-state index contributed by atoms with van der Waals surface area (Å²) in [7, 11) is 3.41. The van der Waals surface area contributed by atoms with Crippen molar-refractivity contribution in [2.24, 2.45) is 11.3 Å². The zero-order valence-corrected chi connectivity index (χ0v) is 23.9. The molecule has 37 heavy (non-hydrogen) atoms. The number of hydrogen-bond donors (Lipinski definition) is 4. The molecule has 1 aromatic heterocycles. The number of H-pyrrole nitrogens is 1. The van der Waals surface area contributed by atoms with Crippen LogP contribution in [0.2, 0.25) is 0 Å². The van der Waals surface area contributed by atoms with E-state index in [9.17, 15) is 19.5 Å². The molecule has 0 aliphatic heterocycles. The van der Waals surface area contributed by atoms with E-state index in [1.165, 1.54) is 6.92 Å². The van der Waals surface area contributed by atoms with Gasteiger partial charge >= 0.3 is 5.97 Å². The maximum Gasteiger partial charge on any atom is 0.331 e. The van der Waals surface area contributed by atoms with Gasteiger partial charge in [-0.3, -0.25) is 9.59 Å². The summed E-state index contributed by atoms with van der Waals surface area (Å²) in [5.41, 5.74) is 0.983. The molecule has 1 aromatic carbocycles. The summed E-state index contributed by atoms with van der Waals surface area (Å²) in [6.45, 7) is 15.1. The largest absolute Gasteiger partial charge is 0.478 e. The summed E-state index contributed by atoms with van der Waals surface area (Å²) in [6.07, 6.45) is 3.54. The van der Waals surface area contributed by atoms with Crippen LogP contribution in [0.1, 0.15) is 61.0 Å². The lowest BCUT2D eigenvalue weighted by molar-refractivity contribution is -0.141. The molecule has 0 radical (unpaired) electrons. The van der Waals surface area contributed by atoms with Crippen LogP contribution in [0.5, 0.6) is 0 Å². The van der Waals surface area contributed by atoms with Gasteiger partial charge in [-0.05, 0) is 36.9 Å². The Morgan fingerprint density at radius 3 is 2.16 bits per heavy atom. The van der Waals surface area contributed by atoms with Crippen LogP contribution in [0.3, 0.4) is 0 Å². The molecule has 0 aliphatic carbocycles. The third-order valence-electron chi connectivity index (χ3n) is 7.19. The highest BCUT2D eigenvalue weighted by Crippen LogP contribution is 2.34. The van der Waals surface area contributed by atoms with Gasteiger partial charge in [-0.15, -0.1) is 0 Å². The fraction of sp³-hybridized carbons (Fsp3) is 0.552. The Hall–Kier alpha value is -3.13. The predicted molar refractivity (Wildman–Crippen MR) is 148 cm³/mol. The lowest BCUT2D eigenvalue weighted by atomic mass is 9.76. The van der Waals surface area contributed by atoms with Gasteiger partial charge in [0.2, 0.25) is 11.8 Å². The van der Waals surface area contributed by atoms with Crippen molar-refractivity contribution >= 4 is 28.7 Å². The molecule has 0 bridgehead atoms. The molecule has 3 atom stereocenters. The molecule has 2 aromatic rings. The molecule has 2 amide bonds. The fourth-order valence-electron chi connectivity index (χ4n) is 4.88. The second kappa shape index (κ2) is 11.5. The smallest absolute Gasteiger partial charge is 0.331 e. The first-order valence-electron chi connectivity index (χ1n) is 12.8. The second-order valence-corrected chi connectivity index (χ2v) is 11.8. The molecule has 0 saturated heterocycles. The summed E-state index contributed by atoms with van der Waals surface area (Å²) in [5, 5.41) is 16.6. The molecular formula is C29H44N4O4. The number of aromatic amines is 1. The zero-order valence-electron chi connectivity index (χ0n) is 23.9. The molecule has 0 fully saturated rings. The van der Waals surface area contributed by atoms with Gasteiger partial charge in [0.05, 0.1) is 12.1 Å². The third kappa shape index (κ3) is 6.60. The number of carboxylic acids is 1. The summed E-state index contributed by atoms with van der Waals surface area (Å²) in [5.74, 6) is -1.60. The van der Waals surface area contributed by atoms with Crippen LogP contribution < -0.4 is 10.6 Å². The number of benzene rings is 1. The Morgan fingerprint density at radius 2 is 1.65 bits per heavy atom. The predicted octanol–water partition coefficient (Wildman–Crippen LogP) is 4.08. The minimum atomic E-state index is -1.02. The minimum absolute atomic E-state index is 0.0227. The fourth-order valence-corrected chi connectivity index (χ4v) is 4.88. The number of nitrogens with one attached hydrogen (secondary N) is 3. The van der Waals surface area contributed by atoms with Gasteiger partial charge in [0.15, 0.2) is 0 Å². The lowest BCUT2D eigenvalue weighted by Gasteiger charge is -2.39. The Bertz CT molecular complexity index is 1160. The van der Waals surface area contributed by atoms with Gasteiger partial charge in [0, 0.05) is 35.1 Å². The highest BCUT2D eigenvalue weighted by atomic mass is 16.4. The Kier molecular flexibility index (Phi) is 9.36. The maximum atomic E-state index is 13.8. The SMILES string of the molecule is CNC(C(=O)NC(C(=O)N(C)[C@H](/C=C(\C)C(=O)O)C(C)C)C(C)(C)C)C(C)(C)c1c[nH]c2ccccc12. The molecule has 8 heteroatoms. The van der Waals surface area contributed by atoms with Crippen LogP contribution in [0, 0.1) is 11.3 Å².